The molecule has 2 aromatic rings. The Morgan fingerprint density at radius 1 is 1.29 bits per heavy atom. The zero-order chi connectivity index (χ0) is 15.4. The first-order chi connectivity index (χ1) is 10.1. The van der Waals surface area contributed by atoms with E-state index in [1.54, 1.807) is 14.2 Å². The molecule has 114 valence electrons. The summed E-state index contributed by atoms with van der Waals surface area (Å²) in [4.78, 5) is 6.39. The van der Waals surface area contributed by atoms with Crippen LogP contribution in [-0.4, -0.2) is 36.3 Å². The molecular weight excluding hydrogens is 270 g/mol. The van der Waals surface area contributed by atoms with Crippen LogP contribution < -0.4 is 9.47 Å². The number of hydrogen-bond donors (Lipinski definition) is 0. The lowest BCUT2D eigenvalue weighted by Crippen LogP contribution is -2.22. The largest absolute Gasteiger partial charge is 0.493 e. The van der Waals surface area contributed by atoms with Crippen molar-refractivity contribution in [3.05, 3.63) is 35.5 Å². The average molecular weight is 291 g/mol. The molecule has 0 N–H and O–H groups in total. The Bertz CT molecular complexity index is 598. The van der Waals surface area contributed by atoms with Crippen LogP contribution in [0, 0.1) is 6.92 Å². The highest BCUT2D eigenvalue weighted by Gasteiger charge is 2.20. The zero-order valence-corrected chi connectivity index (χ0v) is 13.1. The van der Waals surface area contributed by atoms with Gasteiger partial charge in [0.15, 0.2) is 17.3 Å². The SMILES string of the molecule is COc1cccc(CN(C)[C@@H](C)c2nc(C)no2)c1OC. The molecular formula is C15H21N3O3. The molecule has 0 bridgehead atoms. The number of benzene rings is 1. The number of para-hydroxylation sites is 1. The summed E-state index contributed by atoms with van der Waals surface area (Å²) in [6.07, 6.45) is 0. The maximum absolute atomic E-state index is 5.45. The molecule has 0 spiro atoms. The van der Waals surface area contributed by atoms with E-state index >= 15 is 0 Å². The van der Waals surface area contributed by atoms with Crippen molar-refractivity contribution in [2.24, 2.45) is 0 Å². The molecule has 1 aromatic carbocycles. The molecule has 0 aliphatic carbocycles. The van der Waals surface area contributed by atoms with Gasteiger partial charge in [-0.3, -0.25) is 4.90 Å². The lowest BCUT2D eigenvalue weighted by molar-refractivity contribution is 0.200. The maximum atomic E-state index is 5.45. The number of methoxy groups -OCH3 is 2. The van der Waals surface area contributed by atoms with Gasteiger partial charge in [-0.25, -0.2) is 0 Å². The summed E-state index contributed by atoms with van der Waals surface area (Å²) in [6.45, 7) is 4.52. The van der Waals surface area contributed by atoms with Crippen LogP contribution in [0.1, 0.15) is 30.2 Å². The van der Waals surface area contributed by atoms with Gasteiger partial charge in [0.2, 0.25) is 5.89 Å². The van der Waals surface area contributed by atoms with E-state index in [4.69, 9.17) is 14.0 Å². The summed E-state index contributed by atoms with van der Waals surface area (Å²) in [5.41, 5.74) is 1.04. The standard InChI is InChI=1S/C15H21N3O3/c1-10(15-16-11(2)17-21-15)18(3)9-12-7-6-8-13(19-4)14(12)20-5/h6-8,10H,9H2,1-5H3/t10-/m0/s1. The molecule has 2 rings (SSSR count). The molecule has 0 fully saturated rings. The molecule has 0 amide bonds. The van der Waals surface area contributed by atoms with E-state index in [1.165, 1.54) is 0 Å². The van der Waals surface area contributed by atoms with Crippen LogP contribution in [0.4, 0.5) is 0 Å². The molecule has 6 nitrogen and oxygen atoms in total. The Hall–Kier alpha value is -2.08. The van der Waals surface area contributed by atoms with Gasteiger partial charge in [-0.05, 0) is 27.0 Å². The van der Waals surface area contributed by atoms with Crippen molar-refractivity contribution < 1.29 is 14.0 Å². The topological polar surface area (TPSA) is 60.6 Å². The van der Waals surface area contributed by atoms with Gasteiger partial charge in [0.25, 0.3) is 0 Å². The molecule has 0 aliphatic heterocycles. The number of rotatable bonds is 6. The normalized spacial score (nSPS) is 12.5. The van der Waals surface area contributed by atoms with Crippen molar-refractivity contribution in [2.75, 3.05) is 21.3 Å². The Labute approximate surface area is 124 Å². The highest BCUT2D eigenvalue weighted by Crippen LogP contribution is 2.32. The number of ether oxygens (including phenoxy) is 2. The van der Waals surface area contributed by atoms with Crippen molar-refractivity contribution in [3.8, 4) is 11.5 Å². The van der Waals surface area contributed by atoms with Crippen molar-refractivity contribution >= 4 is 0 Å². The van der Waals surface area contributed by atoms with Crippen molar-refractivity contribution in [3.63, 3.8) is 0 Å². The third kappa shape index (κ3) is 3.33. The fourth-order valence-electron chi connectivity index (χ4n) is 2.16. The molecule has 0 aliphatic rings. The number of aryl methyl sites for hydroxylation is 1. The van der Waals surface area contributed by atoms with Gasteiger partial charge in [0.05, 0.1) is 20.3 Å². The number of hydrogen-bond acceptors (Lipinski definition) is 6. The number of aromatic nitrogens is 2. The Balaban J connectivity index is 2.17. The molecule has 0 radical (unpaired) electrons. The summed E-state index contributed by atoms with van der Waals surface area (Å²) in [6, 6.07) is 5.87. The molecule has 6 heteroatoms. The van der Waals surface area contributed by atoms with E-state index < -0.39 is 0 Å². The second-order valence-corrected chi connectivity index (χ2v) is 4.92. The third-order valence-corrected chi connectivity index (χ3v) is 3.47. The summed E-state index contributed by atoms with van der Waals surface area (Å²) in [7, 11) is 5.28. The highest BCUT2D eigenvalue weighted by molar-refractivity contribution is 5.46. The minimum atomic E-state index is 0.0158. The van der Waals surface area contributed by atoms with E-state index in [0.717, 1.165) is 17.1 Å². The summed E-state index contributed by atoms with van der Waals surface area (Å²) in [5, 5.41) is 3.83. The molecule has 1 atom stereocenters. The Morgan fingerprint density at radius 2 is 2.05 bits per heavy atom. The number of nitrogens with zero attached hydrogens (tertiary/aromatic N) is 3. The average Bonchev–Trinajstić information content (AvgIpc) is 2.92. The lowest BCUT2D eigenvalue weighted by Gasteiger charge is -2.23. The van der Waals surface area contributed by atoms with Gasteiger partial charge in [-0.2, -0.15) is 4.98 Å². The fraction of sp³-hybridized carbons (Fsp3) is 0.467. The summed E-state index contributed by atoms with van der Waals surface area (Å²) < 4.78 is 16.0. The van der Waals surface area contributed by atoms with Crippen LogP contribution in [-0.2, 0) is 6.54 Å². The molecule has 1 aromatic heterocycles. The summed E-state index contributed by atoms with van der Waals surface area (Å²) in [5.74, 6) is 2.73. The van der Waals surface area contributed by atoms with Crippen molar-refractivity contribution in [2.45, 2.75) is 26.4 Å². The van der Waals surface area contributed by atoms with Crippen LogP contribution in [0.3, 0.4) is 0 Å². The van der Waals surface area contributed by atoms with Crippen LogP contribution in [0.25, 0.3) is 0 Å². The first-order valence-electron chi connectivity index (χ1n) is 6.77. The Kier molecular flexibility index (Phi) is 4.80. The summed E-state index contributed by atoms with van der Waals surface area (Å²) >= 11 is 0. The molecule has 0 unspecified atom stereocenters. The van der Waals surface area contributed by atoms with E-state index in [-0.39, 0.29) is 6.04 Å². The first kappa shape index (κ1) is 15.3. The van der Waals surface area contributed by atoms with Crippen LogP contribution in [0.2, 0.25) is 0 Å². The van der Waals surface area contributed by atoms with E-state index in [2.05, 4.69) is 15.0 Å². The predicted molar refractivity (Wildman–Crippen MR) is 78.5 cm³/mol. The second kappa shape index (κ2) is 6.58. The van der Waals surface area contributed by atoms with Crippen molar-refractivity contribution in [1.82, 2.24) is 15.0 Å². The van der Waals surface area contributed by atoms with Crippen LogP contribution in [0.15, 0.2) is 22.7 Å². The molecule has 0 saturated carbocycles. The van der Waals surface area contributed by atoms with Crippen molar-refractivity contribution in [1.29, 1.82) is 0 Å². The first-order valence-corrected chi connectivity index (χ1v) is 6.77. The predicted octanol–water partition coefficient (Wildman–Crippen LogP) is 2.59. The zero-order valence-electron chi connectivity index (χ0n) is 13.1. The van der Waals surface area contributed by atoms with Gasteiger partial charge in [-0.15, -0.1) is 0 Å². The monoisotopic (exact) mass is 291 g/mol. The van der Waals surface area contributed by atoms with Gasteiger partial charge in [0.1, 0.15) is 0 Å². The van der Waals surface area contributed by atoms with E-state index in [0.29, 0.717) is 18.3 Å². The lowest BCUT2D eigenvalue weighted by atomic mass is 10.1. The van der Waals surface area contributed by atoms with E-state index in [1.807, 2.05) is 39.1 Å². The van der Waals surface area contributed by atoms with Gasteiger partial charge < -0.3 is 14.0 Å². The quantitative estimate of drug-likeness (QED) is 0.815. The minimum Gasteiger partial charge on any atom is -0.493 e. The third-order valence-electron chi connectivity index (χ3n) is 3.47. The van der Waals surface area contributed by atoms with Gasteiger partial charge in [0, 0.05) is 12.1 Å². The van der Waals surface area contributed by atoms with Crippen LogP contribution >= 0.6 is 0 Å². The molecule has 0 saturated heterocycles. The molecule has 21 heavy (non-hydrogen) atoms. The maximum Gasteiger partial charge on any atom is 0.243 e. The van der Waals surface area contributed by atoms with Gasteiger partial charge >= 0.3 is 0 Å². The Morgan fingerprint density at radius 3 is 2.62 bits per heavy atom. The fourth-order valence-corrected chi connectivity index (χ4v) is 2.16. The van der Waals surface area contributed by atoms with Crippen LogP contribution in [0.5, 0.6) is 11.5 Å². The van der Waals surface area contributed by atoms with E-state index in [9.17, 15) is 0 Å². The highest BCUT2D eigenvalue weighted by atomic mass is 16.5. The van der Waals surface area contributed by atoms with Gasteiger partial charge in [-0.1, -0.05) is 17.3 Å². The minimum absolute atomic E-state index is 0.0158. The molecule has 1 heterocycles. The second-order valence-electron chi connectivity index (χ2n) is 4.92. The smallest absolute Gasteiger partial charge is 0.243 e.